The highest BCUT2D eigenvalue weighted by atomic mass is 16.6. The first kappa shape index (κ1) is 17.4. The molecule has 8 heteroatoms. The highest BCUT2D eigenvalue weighted by Crippen LogP contribution is 2.17. The van der Waals surface area contributed by atoms with E-state index in [9.17, 15) is 19.7 Å². The summed E-state index contributed by atoms with van der Waals surface area (Å²) in [5.74, 6) is -0.776. The standard InChI is InChI=1S/C14H18N2O6/c1-3-10(2)15-13(17)8-22-14(18)9-21-12-6-4-11(5-7-12)16(19)20/h4-7,10H,3,8-9H2,1-2H3,(H,15,17)/t10-/m0/s1. The first-order chi connectivity index (χ1) is 10.4. The maximum atomic E-state index is 11.4. The predicted octanol–water partition coefficient (Wildman–Crippen LogP) is 1.43. The minimum Gasteiger partial charge on any atom is -0.482 e. The first-order valence-electron chi connectivity index (χ1n) is 6.74. The maximum Gasteiger partial charge on any atom is 0.344 e. The fourth-order valence-electron chi connectivity index (χ4n) is 1.41. The Bertz CT molecular complexity index is 529. The minimum atomic E-state index is -0.697. The monoisotopic (exact) mass is 310 g/mol. The number of esters is 1. The van der Waals surface area contributed by atoms with E-state index in [0.717, 1.165) is 6.42 Å². The van der Waals surface area contributed by atoms with Gasteiger partial charge in [0.15, 0.2) is 13.2 Å². The van der Waals surface area contributed by atoms with Crippen molar-refractivity contribution in [1.29, 1.82) is 0 Å². The molecule has 1 aromatic carbocycles. The van der Waals surface area contributed by atoms with Gasteiger partial charge in [0, 0.05) is 18.2 Å². The molecular formula is C14H18N2O6. The van der Waals surface area contributed by atoms with Crippen molar-refractivity contribution in [3.05, 3.63) is 34.4 Å². The van der Waals surface area contributed by atoms with E-state index < -0.39 is 10.9 Å². The fourth-order valence-corrected chi connectivity index (χ4v) is 1.41. The van der Waals surface area contributed by atoms with Crippen LogP contribution in [0.3, 0.4) is 0 Å². The summed E-state index contributed by atoms with van der Waals surface area (Å²) in [5, 5.41) is 13.1. The summed E-state index contributed by atoms with van der Waals surface area (Å²) < 4.78 is 9.86. The summed E-state index contributed by atoms with van der Waals surface area (Å²) >= 11 is 0. The SMILES string of the molecule is CC[C@H](C)NC(=O)COC(=O)COc1ccc([N+](=O)[O-])cc1. The van der Waals surface area contributed by atoms with Gasteiger partial charge in [-0.2, -0.15) is 0 Å². The van der Waals surface area contributed by atoms with E-state index in [2.05, 4.69) is 5.32 Å². The van der Waals surface area contributed by atoms with Crippen molar-refractivity contribution in [2.75, 3.05) is 13.2 Å². The molecule has 1 N–H and O–H groups in total. The fraction of sp³-hybridized carbons (Fsp3) is 0.429. The van der Waals surface area contributed by atoms with E-state index in [4.69, 9.17) is 9.47 Å². The molecule has 120 valence electrons. The molecule has 1 atom stereocenters. The van der Waals surface area contributed by atoms with Crippen LogP contribution >= 0.6 is 0 Å². The van der Waals surface area contributed by atoms with Crippen LogP contribution in [0.2, 0.25) is 0 Å². The molecular weight excluding hydrogens is 292 g/mol. The Hall–Kier alpha value is -2.64. The topological polar surface area (TPSA) is 108 Å². The highest BCUT2D eigenvalue weighted by Gasteiger charge is 2.11. The van der Waals surface area contributed by atoms with Gasteiger partial charge in [-0.3, -0.25) is 14.9 Å². The molecule has 0 spiro atoms. The number of nitrogens with one attached hydrogen (secondary N) is 1. The number of hydrogen-bond acceptors (Lipinski definition) is 6. The number of benzene rings is 1. The normalized spacial score (nSPS) is 11.4. The molecule has 1 aromatic rings. The molecule has 0 aliphatic heterocycles. The van der Waals surface area contributed by atoms with Crippen molar-refractivity contribution in [3.63, 3.8) is 0 Å². The molecule has 0 radical (unpaired) electrons. The Morgan fingerprint density at radius 2 is 1.91 bits per heavy atom. The lowest BCUT2D eigenvalue weighted by atomic mass is 10.2. The Kier molecular flexibility index (Phi) is 6.81. The molecule has 0 saturated heterocycles. The molecule has 0 heterocycles. The predicted molar refractivity (Wildman–Crippen MR) is 77.4 cm³/mol. The summed E-state index contributed by atoms with van der Waals surface area (Å²) in [6.07, 6.45) is 0.781. The van der Waals surface area contributed by atoms with Crippen molar-refractivity contribution in [1.82, 2.24) is 5.32 Å². The quantitative estimate of drug-likeness (QED) is 0.442. The molecule has 8 nitrogen and oxygen atoms in total. The van der Waals surface area contributed by atoms with Crippen LogP contribution in [-0.2, 0) is 14.3 Å². The summed E-state index contributed by atoms with van der Waals surface area (Å²) in [7, 11) is 0. The van der Waals surface area contributed by atoms with Crippen LogP contribution in [0.25, 0.3) is 0 Å². The third-order valence-electron chi connectivity index (χ3n) is 2.79. The average Bonchev–Trinajstić information content (AvgIpc) is 2.51. The number of amides is 1. The van der Waals surface area contributed by atoms with Gasteiger partial charge in [-0.25, -0.2) is 4.79 Å². The zero-order chi connectivity index (χ0) is 16.5. The number of hydrogen-bond donors (Lipinski definition) is 1. The van der Waals surface area contributed by atoms with Gasteiger partial charge in [0.1, 0.15) is 5.75 Å². The molecule has 0 aromatic heterocycles. The number of nitro groups is 1. The van der Waals surface area contributed by atoms with E-state index in [-0.39, 0.29) is 30.9 Å². The largest absolute Gasteiger partial charge is 0.482 e. The van der Waals surface area contributed by atoms with Crippen LogP contribution in [0, 0.1) is 10.1 Å². The number of ether oxygens (including phenoxy) is 2. The van der Waals surface area contributed by atoms with Crippen molar-refractivity contribution < 1.29 is 24.0 Å². The lowest BCUT2D eigenvalue weighted by Gasteiger charge is -2.11. The van der Waals surface area contributed by atoms with Crippen LogP contribution in [0.5, 0.6) is 5.75 Å². The van der Waals surface area contributed by atoms with Gasteiger partial charge >= 0.3 is 5.97 Å². The van der Waals surface area contributed by atoms with Crippen molar-refractivity contribution in [2.45, 2.75) is 26.3 Å². The first-order valence-corrected chi connectivity index (χ1v) is 6.74. The van der Waals surface area contributed by atoms with Gasteiger partial charge in [0.25, 0.3) is 11.6 Å². The van der Waals surface area contributed by atoms with E-state index >= 15 is 0 Å². The summed E-state index contributed by atoms with van der Waals surface area (Å²) in [6, 6.07) is 5.30. The Balaban J connectivity index is 2.31. The second kappa shape index (κ2) is 8.60. The van der Waals surface area contributed by atoms with Crippen LogP contribution in [-0.4, -0.2) is 36.1 Å². The molecule has 0 unspecified atom stereocenters. The van der Waals surface area contributed by atoms with E-state index in [0.29, 0.717) is 5.75 Å². The van der Waals surface area contributed by atoms with Gasteiger partial charge in [0.2, 0.25) is 0 Å². The third-order valence-corrected chi connectivity index (χ3v) is 2.79. The van der Waals surface area contributed by atoms with Gasteiger partial charge in [0.05, 0.1) is 4.92 Å². The van der Waals surface area contributed by atoms with Gasteiger partial charge in [-0.1, -0.05) is 6.92 Å². The lowest BCUT2D eigenvalue weighted by Crippen LogP contribution is -2.35. The van der Waals surface area contributed by atoms with Crippen molar-refractivity contribution >= 4 is 17.6 Å². The van der Waals surface area contributed by atoms with Crippen LogP contribution in [0.1, 0.15) is 20.3 Å². The lowest BCUT2D eigenvalue weighted by molar-refractivity contribution is -0.384. The van der Waals surface area contributed by atoms with E-state index in [1.54, 1.807) is 0 Å². The molecule has 0 bridgehead atoms. The Morgan fingerprint density at radius 3 is 2.45 bits per heavy atom. The van der Waals surface area contributed by atoms with Crippen molar-refractivity contribution in [2.24, 2.45) is 0 Å². The number of carbonyl (C=O) groups is 2. The van der Waals surface area contributed by atoms with Crippen LogP contribution in [0.15, 0.2) is 24.3 Å². The second-order valence-corrected chi connectivity index (χ2v) is 4.58. The van der Waals surface area contributed by atoms with Crippen molar-refractivity contribution in [3.8, 4) is 5.75 Å². The molecule has 0 fully saturated rings. The average molecular weight is 310 g/mol. The second-order valence-electron chi connectivity index (χ2n) is 4.58. The zero-order valence-corrected chi connectivity index (χ0v) is 12.4. The highest BCUT2D eigenvalue weighted by molar-refractivity contribution is 5.81. The minimum absolute atomic E-state index is 0.0163. The summed E-state index contributed by atoms with van der Waals surface area (Å²) in [4.78, 5) is 32.8. The van der Waals surface area contributed by atoms with Gasteiger partial charge in [-0.15, -0.1) is 0 Å². The Morgan fingerprint density at radius 1 is 1.27 bits per heavy atom. The smallest absolute Gasteiger partial charge is 0.344 e. The number of carbonyl (C=O) groups excluding carboxylic acids is 2. The molecule has 22 heavy (non-hydrogen) atoms. The number of non-ortho nitro benzene ring substituents is 1. The van der Waals surface area contributed by atoms with E-state index in [1.165, 1.54) is 24.3 Å². The number of nitro benzene ring substituents is 1. The van der Waals surface area contributed by atoms with Gasteiger partial charge < -0.3 is 14.8 Å². The van der Waals surface area contributed by atoms with Crippen LogP contribution < -0.4 is 10.1 Å². The third kappa shape index (κ3) is 6.21. The Labute approximate surface area is 127 Å². The molecule has 0 saturated carbocycles. The molecule has 0 aliphatic rings. The molecule has 0 aliphatic carbocycles. The summed E-state index contributed by atoms with van der Waals surface area (Å²) in [6.45, 7) is 3.02. The maximum absolute atomic E-state index is 11.4. The van der Waals surface area contributed by atoms with E-state index in [1.807, 2.05) is 13.8 Å². The zero-order valence-electron chi connectivity index (χ0n) is 12.4. The van der Waals surface area contributed by atoms with Gasteiger partial charge in [-0.05, 0) is 25.5 Å². The number of nitrogens with zero attached hydrogens (tertiary/aromatic N) is 1. The van der Waals surface area contributed by atoms with Crippen LogP contribution in [0.4, 0.5) is 5.69 Å². The summed E-state index contributed by atoms with van der Waals surface area (Å²) in [5.41, 5.74) is -0.0726. The molecule has 1 rings (SSSR count). The number of rotatable bonds is 8. The molecule has 1 amide bonds.